The smallest absolute Gasteiger partial charge is 0.124 e. The van der Waals surface area contributed by atoms with Crippen LogP contribution in [0.25, 0.3) is 0 Å². The van der Waals surface area contributed by atoms with Crippen molar-refractivity contribution in [1.82, 2.24) is 20.4 Å². The standard InChI is InChI=1S/C42H66N4O2/c1(3-13-25-43-27-15-5-7-17-29-45-31-23-35-33-47-39-21-11-9-19-37(39)41(35)45)2-4-14-26-44-28-16-6-8-18-30-46-32-24-36-34-48-40-22-12-10-20-38(40)42(36)46/h9-12,19-22,35-36,41-44H,1-8,13-18,23-34H2/t35-,36-,41-,42-/m0/s1. The number of para-hydroxylation sites is 2. The van der Waals surface area contributed by atoms with Crippen molar-refractivity contribution < 1.29 is 9.47 Å². The molecule has 0 aromatic heterocycles. The van der Waals surface area contributed by atoms with Gasteiger partial charge in [0.15, 0.2) is 0 Å². The largest absolute Gasteiger partial charge is 0.493 e. The first-order chi connectivity index (χ1) is 23.9. The van der Waals surface area contributed by atoms with E-state index < -0.39 is 0 Å². The van der Waals surface area contributed by atoms with Crippen molar-refractivity contribution in [3.8, 4) is 11.5 Å². The van der Waals surface area contributed by atoms with E-state index in [0.717, 1.165) is 24.7 Å². The number of unbranched alkanes of at least 4 members (excludes halogenated alkanes) is 11. The minimum Gasteiger partial charge on any atom is -0.493 e. The van der Waals surface area contributed by atoms with Crippen LogP contribution in [-0.4, -0.2) is 75.4 Å². The molecule has 0 bridgehead atoms. The van der Waals surface area contributed by atoms with Crippen molar-refractivity contribution in [3.05, 3.63) is 59.7 Å². The Morgan fingerprint density at radius 3 is 1.29 bits per heavy atom. The lowest BCUT2D eigenvalue weighted by Crippen LogP contribution is -2.31. The third-order valence-electron chi connectivity index (χ3n) is 11.7. The van der Waals surface area contributed by atoms with E-state index in [9.17, 15) is 0 Å². The number of nitrogens with one attached hydrogen (secondary N) is 2. The Kier molecular flexibility index (Phi) is 14.8. The zero-order valence-electron chi connectivity index (χ0n) is 30.0. The fourth-order valence-corrected chi connectivity index (χ4v) is 9.01. The van der Waals surface area contributed by atoms with E-state index in [4.69, 9.17) is 9.47 Å². The molecule has 2 aromatic carbocycles. The first-order valence-electron chi connectivity index (χ1n) is 20.2. The number of ether oxygens (including phenoxy) is 2. The molecule has 48 heavy (non-hydrogen) atoms. The summed E-state index contributed by atoms with van der Waals surface area (Å²) in [4.78, 5) is 5.47. The number of benzene rings is 2. The number of rotatable bonds is 23. The Morgan fingerprint density at radius 2 is 0.854 bits per heavy atom. The third-order valence-corrected chi connectivity index (χ3v) is 11.7. The van der Waals surface area contributed by atoms with Crippen molar-refractivity contribution in [3.63, 3.8) is 0 Å². The van der Waals surface area contributed by atoms with Crippen molar-refractivity contribution >= 4 is 0 Å². The Balaban J connectivity index is 0.663. The maximum atomic E-state index is 6.02. The molecular formula is C42H66N4O2. The van der Waals surface area contributed by atoms with Gasteiger partial charge in [0.05, 0.1) is 13.2 Å². The van der Waals surface area contributed by atoms with Crippen LogP contribution in [0.15, 0.2) is 48.5 Å². The van der Waals surface area contributed by atoms with Gasteiger partial charge in [-0.25, -0.2) is 0 Å². The molecule has 0 unspecified atom stereocenters. The summed E-state index contributed by atoms with van der Waals surface area (Å²) in [7, 11) is 0. The monoisotopic (exact) mass is 659 g/mol. The summed E-state index contributed by atoms with van der Waals surface area (Å²) in [6, 6.07) is 18.6. The summed E-state index contributed by atoms with van der Waals surface area (Å²) < 4.78 is 12.0. The van der Waals surface area contributed by atoms with Gasteiger partial charge in [-0.15, -0.1) is 0 Å². The topological polar surface area (TPSA) is 49.0 Å². The molecule has 0 aliphatic carbocycles. The zero-order chi connectivity index (χ0) is 32.6. The summed E-state index contributed by atoms with van der Waals surface area (Å²) in [6.45, 7) is 11.5. The van der Waals surface area contributed by atoms with Gasteiger partial charge in [-0.1, -0.05) is 87.8 Å². The van der Waals surface area contributed by atoms with Gasteiger partial charge in [-0.05, 0) is 116 Å². The maximum absolute atomic E-state index is 6.02. The van der Waals surface area contributed by atoms with Gasteiger partial charge >= 0.3 is 0 Å². The molecule has 0 amide bonds. The summed E-state index contributed by atoms with van der Waals surface area (Å²) in [6.07, 6.45) is 21.5. The number of hydrogen-bond donors (Lipinski definition) is 2. The van der Waals surface area contributed by atoms with Gasteiger partial charge < -0.3 is 20.1 Å². The molecule has 2 N–H and O–H groups in total. The van der Waals surface area contributed by atoms with Crippen LogP contribution in [0.2, 0.25) is 0 Å². The van der Waals surface area contributed by atoms with E-state index in [0.29, 0.717) is 23.9 Å². The molecule has 0 saturated carbocycles. The van der Waals surface area contributed by atoms with Crippen LogP contribution in [-0.2, 0) is 0 Å². The second-order valence-electron chi connectivity index (χ2n) is 15.2. The molecule has 2 saturated heterocycles. The highest BCUT2D eigenvalue weighted by Crippen LogP contribution is 2.45. The second kappa shape index (κ2) is 19.9. The van der Waals surface area contributed by atoms with Crippen LogP contribution >= 0.6 is 0 Å². The van der Waals surface area contributed by atoms with Gasteiger partial charge in [-0.3, -0.25) is 9.80 Å². The molecule has 2 fully saturated rings. The average molecular weight is 659 g/mol. The Bertz CT molecular complexity index is 1100. The third kappa shape index (κ3) is 10.2. The van der Waals surface area contributed by atoms with Gasteiger partial charge in [-0.2, -0.15) is 0 Å². The maximum Gasteiger partial charge on any atom is 0.124 e. The lowest BCUT2D eigenvalue weighted by atomic mass is 9.91. The molecule has 0 radical (unpaired) electrons. The van der Waals surface area contributed by atoms with Crippen LogP contribution < -0.4 is 20.1 Å². The number of hydrogen-bond acceptors (Lipinski definition) is 6. The minimum atomic E-state index is 0.588. The molecule has 0 spiro atoms. The van der Waals surface area contributed by atoms with E-state index in [-0.39, 0.29) is 0 Å². The molecule has 6 heteroatoms. The molecule has 2 aromatic rings. The highest BCUT2D eigenvalue weighted by molar-refractivity contribution is 5.39. The van der Waals surface area contributed by atoms with E-state index in [1.807, 2.05) is 0 Å². The van der Waals surface area contributed by atoms with E-state index >= 15 is 0 Å². The van der Waals surface area contributed by atoms with Gasteiger partial charge in [0.1, 0.15) is 11.5 Å². The molecular weight excluding hydrogens is 592 g/mol. The normalized spacial score (nSPS) is 23.2. The van der Waals surface area contributed by atoms with E-state index in [1.165, 1.54) is 166 Å². The van der Waals surface area contributed by atoms with Crippen LogP contribution in [0.5, 0.6) is 11.5 Å². The number of nitrogens with zero attached hydrogens (tertiary/aromatic N) is 2. The number of likely N-dealkylation sites (tertiary alicyclic amines) is 2. The van der Waals surface area contributed by atoms with Crippen LogP contribution in [0.3, 0.4) is 0 Å². The van der Waals surface area contributed by atoms with Crippen LogP contribution in [0, 0.1) is 11.8 Å². The molecule has 6 nitrogen and oxygen atoms in total. The number of fused-ring (bicyclic) bond motifs is 6. The summed E-state index contributed by atoms with van der Waals surface area (Å²) in [5, 5.41) is 7.39. The molecule has 266 valence electrons. The zero-order valence-corrected chi connectivity index (χ0v) is 30.0. The predicted octanol–water partition coefficient (Wildman–Crippen LogP) is 8.54. The van der Waals surface area contributed by atoms with E-state index in [1.54, 1.807) is 0 Å². The van der Waals surface area contributed by atoms with Gasteiger partial charge in [0.2, 0.25) is 0 Å². The highest BCUT2D eigenvalue weighted by Gasteiger charge is 2.40. The fourth-order valence-electron chi connectivity index (χ4n) is 9.01. The van der Waals surface area contributed by atoms with Crippen LogP contribution in [0.1, 0.15) is 126 Å². The average Bonchev–Trinajstić information content (AvgIpc) is 3.75. The lowest BCUT2D eigenvalue weighted by molar-refractivity contribution is 0.146. The second-order valence-corrected chi connectivity index (χ2v) is 15.2. The quantitative estimate of drug-likeness (QED) is 0.117. The fraction of sp³-hybridized carbons (Fsp3) is 0.714. The predicted molar refractivity (Wildman–Crippen MR) is 199 cm³/mol. The van der Waals surface area contributed by atoms with Gasteiger partial charge in [0, 0.05) is 35.0 Å². The first kappa shape index (κ1) is 35.7. The molecule has 4 heterocycles. The Morgan fingerprint density at radius 1 is 0.479 bits per heavy atom. The molecule has 4 atom stereocenters. The minimum absolute atomic E-state index is 0.588. The van der Waals surface area contributed by atoms with Crippen molar-refractivity contribution in [2.24, 2.45) is 11.8 Å². The van der Waals surface area contributed by atoms with E-state index in [2.05, 4.69) is 69.0 Å². The highest BCUT2D eigenvalue weighted by atomic mass is 16.5. The Labute approximate surface area is 292 Å². The van der Waals surface area contributed by atoms with Crippen molar-refractivity contribution in [1.29, 1.82) is 0 Å². The van der Waals surface area contributed by atoms with Crippen molar-refractivity contribution in [2.45, 2.75) is 115 Å². The first-order valence-corrected chi connectivity index (χ1v) is 20.2. The summed E-state index contributed by atoms with van der Waals surface area (Å²) in [5.41, 5.74) is 2.85. The lowest BCUT2D eigenvalue weighted by Gasteiger charge is -2.33. The van der Waals surface area contributed by atoms with Crippen LogP contribution in [0.4, 0.5) is 0 Å². The summed E-state index contributed by atoms with van der Waals surface area (Å²) in [5.74, 6) is 3.60. The summed E-state index contributed by atoms with van der Waals surface area (Å²) >= 11 is 0. The molecule has 4 aliphatic rings. The SMILES string of the molecule is c1ccc2c(c1)OC[C@@H]1CCN(CCCCCCNCCCCCCCCNCCCCCCN3CC[C@H]4COc5ccccc5[C@H]43)[C@H]21. The molecule has 4 aliphatic heterocycles. The Hall–Kier alpha value is -2.12. The van der Waals surface area contributed by atoms with Crippen molar-refractivity contribution in [2.75, 3.05) is 65.6 Å². The molecule has 6 rings (SSSR count). The van der Waals surface area contributed by atoms with Gasteiger partial charge in [0.25, 0.3) is 0 Å².